The van der Waals surface area contributed by atoms with Crippen LogP contribution in [0.4, 0.5) is 0 Å². The van der Waals surface area contributed by atoms with Gasteiger partial charge in [-0.2, -0.15) is 0 Å². The van der Waals surface area contributed by atoms with E-state index >= 15 is 0 Å². The molecule has 0 aromatic rings. The molecule has 4 aliphatic rings. The summed E-state index contributed by atoms with van der Waals surface area (Å²) < 4.78 is 7.07. The van der Waals surface area contributed by atoms with Crippen LogP contribution in [0.25, 0.3) is 0 Å². The molecule has 180 valence electrons. The van der Waals surface area contributed by atoms with Crippen LogP contribution in [0, 0.1) is 28.6 Å². The van der Waals surface area contributed by atoms with E-state index in [4.69, 9.17) is 4.43 Å². The predicted octanol–water partition coefficient (Wildman–Crippen LogP) is 5.41. The molecule has 5 heteroatoms. The maximum absolute atomic E-state index is 12.5. The highest BCUT2D eigenvalue weighted by atomic mass is 28.4. The molecule has 0 bridgehead atoms. The molecular weight excluding hydrogens is 416 g/mol. The zero-order chi connectivity index (χ0) is 23.7. The quantitative estimate of drug-likeness (QED) is 0.551. The van der Waals surface area contributed by atoms with Gasteiger partial charge in [0.2, 0.25) is 0 Å². The van der Waals surface area contributed by atoms with Gasteiger partial charge in [0.15, 0.2) is 14.1 Å². The SMILES string of the molecule is CC(C)(C)[Si](C)(C)O[C@H]1C[C@H](O)CC2=CC=C3[C@@H]4CC[C@H](C(=O)CO)[C@@]4(C)CC[C@@H]3[C@]21C. The topological polar surface area (TPSA) is 66.8 Å². The Hall–Kier alpha value is -0.753. The third-order valence-corrected chi connectivity index (χ3v) is 14.9. The minimum absolute atomic E-state index is 0.0206. The number of carbonyl (C=O) groups excluding carboxylic acids is 1. The van der Waals surface area contributed by atoms with Crippen molar-refractivity contribution in [3.8, 4) is 0 Å². The number of aliphatic hydroxyl groups is 2. The maximum atomic E-state index is 12.5. The zero-order valence-corrected chi connectivity index (χ0v) is 22.2. The Kier molecular flexibility index (Phi) is 6.01. The fourth-order valence-corrected chi connectivity index (χ4v) is 8.77. The van der Waals surface area contributed by atoms with E-state index in [0.29, 0.717) is 18.3 Å². The van der Waals surface area contributed by atoms with Gasteiger partial charge in [0, 0.05) is 11.3 Å². The molecule has 3 saturated carbocycles. The van der Waals surface area contributed by atoms with E-state index in [1.54, 1.807) is 0 Å². The van der Waals surface area contributed by atoms with Crippen LogP contribution >= 0.6 is 0 Å². The summed E-state index contributed by atoms with van der Waals surface area (Å²) in [5.74, 6) is 0.805. The molecule has 4 nitrogen and oxygen atoms in total. The molecule has 0 heterocycles. The van der Waals surface area contributed by atoms with E-state index in [1.807, 2.05) is 0 Å². The first-order valence-electron chi connectivity index (χ1n) is 12.7. The molecule has 0 unspecified atom stereocenters. The number of rotatable bonds is 4. The number of aliphatic hydroxyl groups excluding tert-OH is 2. The van der Waals surface area contributed by atoms with Crippen molar-refractivity contribution < 1.29 is 19.4 Å². The molecule has 0 aromatic carbocycles. The van der Waals surface area contributed by atoms with Gasteiger partial charge in [-0.1, -0.05) is 57.9 Å². The minimum Gasteiger partial charge on any atom is -0.413 e. The van der Waals surface area contributed by atoms with Crippen LogP contribution in [0.15, 0.2) is 23.3 Å². The summed E-state index contributed by atoms with van der Waals surface area (Å²) in [7, 11) is -2.00. The number of allylic oxidation sites excluding steroid dienone is 3. The van der Waals surface area contributed by atoms with Gasteiger partial charge in [-0.05, 0) is 73.9 Å². The highest BCUT2D eigenvalue weighted by Crippen LogP contribution is 2.65. The Labute approximate surface area is 195 Å². The van der Waals surface area contributed by atoms with Gasteiger partial charge in [-0.15, -0.1) is 0 Å². The summed E-state index contributed by atoms with van der Waals surface area (Å²) in [6.07, 6.45) is 9.73. The molecule has 4 rings (SSSR count). The second kappa shape index (κ2) is 7.89. The third kappa shape index (κ3) is 3.54. The summed E-state index contributed by atoms with van der Waals surface area (Å²) in [6, 6.07) is 0. The van der Waals surface area contributed by atoms with Crippen LogP contribution in [0.5, 0.6) is 0 Å². The van der Waals surface area contributed by atoms with Gasteiger partial charge in [-0.25, -0.2) is 0 Å². The van der Waals surface area contributed by atoms with Gasteiger partial charge in [0.1, 0.15) is 6.61 Å². The molecule has 3 fully saturated rings. The number of hydrogen-bond acceptors (Lipinski definition) is 4. The third-order valence-electron chi connectivity index (χ3n) is 10.4. The number of ketones is 1. The molecule has 2 N–H and O–H groups in total. The van der Waals surface area contributed by atoms with Crippen LogP contribution in [0.2, 0.25) is 18.1 Å². The second-order valence-corrected chi connectivity index (χ2v) is 17.8. The fourth-order valence-electron chi connectivity index (χ4n) is 7.37. The summed E-state index contributed by atoms with van der Waals surface area (Å²) in [5.41, 5.74) is 2.70. The van der Waals surface area contributed by atoms with E-state index in [2.05, 4.69) is 59.9 Å². The van der Waals surface area contributed by atoms with Gasteiger partial charge >= 0.3 is 0 Å². The molecule has 32 heavy (non-hydrogen) atoms. The lowest BCUT2D eigenvalue weighted by Crippen LogP contribution is -2.57. The Morgan fingerprint density at radius 3 is 2.47 bits per heavy atom. The van der Waals surface area contributed by atoms with E-state index in [1.165, 1.54) is 11.1 Å². The van der Waals surface area contributed by atoms with Crippen LogP contribution in [0.3, 0.4) is 0 Å². The lowest BCUT2D eigenvalue weighted by molar-refractivity contribution is -0.130. The molecule has 0 spiro atoms. The van der Waals surface area contributed by atoms with Crippen molar-refractivity contribution >= 4 is 14.1 Å². The normalized spacial score (nSPS) is 41.8. The maximum Gasteiger partial charge on any atom is 0.192 e. The van der Waals surface area contributed by atoms with Gasteiger partial charge in [0.25, 0.3) is 0 Å². The molecule has 0 saturated heterocycles. The standard InChI is InChI=1S/C27H44O4Si/c1-25(2,3)32(6,7)31-24-15-18(29)14-17-8-9-19-20-10-11-22(23(30)16-28)26(20,4)13-12-21(19)27(17,24)5/h8-9,18,20-22,24,28-29H,10-16H2,1-7H3/t18-,20+,21+,22-,24+,26+,27+/m1/s1. The molecular formula is C27H44O4Si. The number of carbonyl (C=O) groups is 1. The van der Waals surface area contributed by atoms with Crippen molar-refractivity contribution in [2.45, 2.75) is 103 Å². The largest absolute Gasteiger partial charge is 0.413 e. The fraction of sp³-hybridized carbons (Fsp3) is 0.815. The van der Waals surface area contributed by atoms with E-state index in [9.17, 15) is 15.0 Å². The van der Waals surface area contributed by atoms with Crippen molar-refractivity contribution in [2.75, 3.05) is 6.61 Å². The number of fused-ring (bicyclic) bond motifs is 5. The van der Waals surface area contributed by atoms with Crippen LogP contribution in [0.1, 0.15) is 73.1 Å². The first kappa shape index (κ1) is 24.4. The molecule has 7 atom stereocenters. The lowest BCUT2D eigenvalue weighted by Gasteiger charge is -2.58. The Morgan fingerprint density at radius 1 is 1.16 bits per heavy atom. The average molecular weight is 461 g/mol. The summed E-state index contributed by atoms with van der Waals surface area (Å²) >= 11 is 0. The summed E-state index contributed by atoms with van der Waals surface area (Å²) in [6.45, 7) is 15.8. The Balaban J connectivity index is 1.71. The van der Waals surface area contributed by atoms with Crippen LogP contribution < -0.4 is 0 Å². The summed E-state index contributed by atoms with van der Waals surface area (Å²) in [4.78, 5) is 12.5. The van der Waals surface area contributed by atoms with Crippen molar-refractivity contribution in [1.82, 2.24) is 0 Å². The van der Waals surface area contributed by atoms with Gasteiger partial charge in [-0.3, -0.25) is 4.79 Å². The van der Waals surface area contributed by atoms with E-state index in [-0.39, 0.29) is 46.4 Å². The van der Waals surface area contributed by atoms with Crippen molar-refractivity contribution in [3.63, 3.8) is 0 Å². The zero-order valence-electron chi connectivity index (χ0n) is 21.2. The Bertz CT molecular complexity index is 837. The summed E-state index contributed by atoms with van der Waals surface area (Å²) in [5, 5.41) is 20.4. The van der Waals surface area contributed by atoms with E-state index in [0.717, 1.165) is 32.1 Å². The first-order chi connectivity index (χ1) is 14.8. The van der Waals surface area contributed by atoms with Crippen molar-refractivity contribution in [3.05, 3.63) is 23.3 Å². The molecule has 0 amide bonds. The smallest absolute Gasteiger partial charge is 0.192 e. The predicted molar refractivity (Wildman–Crippen MR) is 131 cm³/mol. The molecule has 0 aromatic heterocycles. The highest BCUT2D eigenvalue weighted by Gasteiger charge is 2.60. The molecule has 0 radical (unpaired) electrons. The van der Waals surface area contributed by atoms with Crippen LogP contribution in [-0.2, 0) is 9.22 Å². The minimum atomic E-state index is -2.00. The number of Topliss-reactive ketones (excluding diaryl/α,β-unsaturated/α-hetero) is 1. The Morgan fingerprint density at radius 2 is 1.84 bits per heavy atom. The second-order valence-electron chi connectivity index (χ2n) is 13.0. The average Bonchev–Trinajstić information content (AvgIpc) is 3.04. The van der Waals surface area contributed by atoms with Crippen LogP contribution in [-0.4, -0.2) is 43.1 Å². The molecule has 0 aliphatic heterocycles. The van der Waals surface area contributed by atoms with Gasteiger partial charge in [0.05, 0.1) is 12.2 Å². The number of hydrogen-bond donors (Lipinski definition) is 2. The van der Waals surface area contributed by atoms with Crippen molar-refractivity contribution in [1.29, 1.82) is 0 Å². The van der Waals surface area contributed by atoms with Gasteiger partial charge < -0.3 is 14.6 Å². The van der Waals surface area contributed by atoms with Crippen molar-refractivity contribution in [2.24, 2.45) is 28.6 Å². The first-order valence-corrected chi connectivity index (χ1v) is 15.6. The molecule has 4 aliphatic carbocycles. The monoisotopic (exact) mass is 460 g/mol. The van der Waals surface area contributed by atoms with E-state index < -0.39 is 8.32 Å². The lowest BCUT2D eigenvalue weighted by atomic mass is 9.49. The highest BCUT2D eigenvalue weighted by molar-refractivity contribution is 6.74.